The SMILES string of the molecule is COC1CCC(CN)(N(C)c2ccc(C)cc2)CC1. The number of nitrogens with zero attached hydrogens (tertiary/aromatic N) is 1. The summed E-state index contributed by atoms with van der Waals surface area (Å²) >= 11 is 0. The van der Waals surface area contributed by atoms with E-state index >= 15 is 0 Å². The van der Waals surface area contributed by atoms with Crippen LogP contribution < -0.4 is 10.6 Å². The molecule has 19 heavy (non-hydrogen) atoms. The fourth-order valence-corrected chi connectivity index (χ4v) is 3.08. The van der Waals surface area contributed by atoms with E-state index in [2.05, 4.69) is 43.1 Å². The molecular formula is C16H26N2O. The summed E-state index contributed by atoms with van der Waals surface area (Å²) in [4.78, 5) is 2.37. The fourth-order valence-electron chi connectivity index (χ4n) is 3.08. The second-order valence-electron chi connectivity index (χ2n) is 5.76. The van der Waals surface area contributed by atoms with Gasteiger partial charge in [-0.15, -0.1) is 0 Å². The first-order chi connectivity index (χ1) is 9.11. The Kier molecular flexibility index (Phi) is 4.48. The summed E-state index contributed by atoms with van der Waals surface area (Å²) in [5, 5.41) is 0. The predicted molar refractivity (Wildman–Crippen MR) is 80.6 cm³/mol. The van der Waals surface area contributed by atoms with Crippen molar-refractivity contribution in [1.82, 2.24) is 0 Å². The smallest absolute Gasteiger partial charge is 0.0573 e. The first kappa shape index (κ1) is 14.4. The first-order valence-corrected chi connectivity index (χ1v) is 7.15. The van der Waals surface area contributed by atoms with Gasteiger partial charge in [-0.25, -0.2) is 0 Å². The number of benzene rings is 1. The van der Waals surface area contributed by atoms with E-state index in [1.165, 1.54) is 11.3 Å². The van der Waals surface area contributed by atoms with Gasteiger partial charge in [-0.1, -0.05) is 17.7 Å². The second kappa shape index (κ2) is 5.93. The molecule has 0 radical (unpaired) electrons. The average molecular weight is 262 g/mol. The number of aryl methyl sites for hydroxylation is 1. The molecule has 0 amide bonds. The molecule has 0 atom stereocenters. The van der Waals surface area contributed by atoms with Crippen LogP contribution in [-0.2, 0) is 4.74 Å². The van der Waals surface area contributed by atoms with Crippen LogP contribution in [0, 0.1) is 6.92 Å². The van der Waals surface area contributed by atoms with Crippen molar-refractivity contribution in [3.05, 3.63) is 29.8 Å². The van der Waals surface area contributed by atoms with Gasteiger partial charge in [0.15, 0.2) is 0 Å². The zero-order valence-electron chi connectivity index (χ0n) is 12.4. The lowest BCUT2D eigenvalue weighted by atomic mass is 9.79. The Morgan fingerprint density at radius 3 is 2.32 bits per heavy atom. The molecule has 1 aliphatic carbocycles. The molecule has 2 N–H and O–H groups in total. The van der Waals surface area contributed by atoms with Gasteiger partial charge in [-0.3, -0.25) is 0 Å². The van der Waals surface area contributed by atoms with Gasteiger partial charge >= 0.3 is 0 Å². The molecule has 1 aliphatic rings. The predicted octanol–water partition coefficient (Wildman–Crippen LogP) is 2.72. The van der Waals surface area contributed by atoms with Crippen LogP contribution in [0.25, 0.3) is 0 Å². The first-order valence-electron chi connectivity index (χ1n) is 7.15. The van der Waals surface area contributed by atoms with Gasteiger partial charge < -0.3 is 15.4 Å². The summed E-state index contributed by atoms with van der Waals surface area (Å²) in [6, 6.07) is 8.71. The maximum atomic E-state index is 6.11. The highest BCUT2D eigenvalue weighted by atomic mass is 16.5. The Morgan fingerprint density at radius 2 is 1.84 bits per heavy atom. The topological polar surface area (TPSA) is 38.5 Å². The highest BCUT2D eigenvalue weighted by molar-refractivity contribution is 5.49. The molecule has 1 aromatic carbocycles. The number of likely N-dealkylation sites (N-methyl/N-ethyl adjacent to an activating group) is 1. The quantitative estimate of drug-likeness (QED) is 0.906. The Morgan fingerprint density at radius 1 is 1.26 bits per heavy atom. The third kappa shape index (κ3) is 2.93. The van der Waals surface area contributed by atoms with Crippen LogP contribution in [0.15, 0.2) is 24.3 Å². The van der Waals surface area contributed by atoms with Gasteiger partial charge in [0, 0.05) is 26.4 Å². The average Bonchev–Trinajstić information content (AvgIpc) is 2.47. The van der Waals surface area contributed by atoms with Crippen molar-refractivity contribution < 1.29 is 4.74 Å². The largest absolute Gasteiger partial charge is 0.381 e. The molecule has 1 aromatic rings. The van der Waals surface area contributed by atoms with Gasteiger partial charge in [0.2, 0.25) is 0 Å². The molecule has 3 heteroatoms. The normalized spacial score (nSPS) is 27.3. The monoisotopic (exact) mass is 262 g/mol. The van der Waals surface area contributed by atoms with E-state index in [9.17, 15) is 0 Å². The fraction of sp³-hybridized carbons (Fsp3) is 0.625. The minimum absolute atomic E-state index is 0.0876. The number of rotatable bonds is 4. The molecule has 3 nitrogen and oxygen atoms in total. The zero-order chi connectivity index (χ0) is 13.9. The summed E-state index contributed by atoms with van der Waals surface area (Å²) in [5.74, 6) is 0. The summed E-state index contributed by atoms with van der Waals surface area (Å²) in [7, 11) is 3.98. The summed E-state index contributed by atoms with van der Waals surface area (Å²) in [6.07, 6.45) is 4.82. The minimum atomic E-state index is 0.0876. The Bertz CT molecular complexity index is 394. The highest BCUT2D eigenvalue weighted by Crippen LogP contribution is 2.36. The molecule has 0 aromatic heterocycles. The molecule has 0 bridgehead atoms. The molecule has 0 aliphatic heterocycles. The lowest BCUT2D eigenvalue weighted by molar-refractivity contribution is 0.0505. The van der Waals surface area contributed by atoms with Gasteiger partial charge in [-0.2, -0.15) is 0 Å². The maximum absolute atomic E-state index is 6.11. The van der Waals surface area contributed by atoms with E-state index in [1.54, 1.807) is 0 Å². The third-order valence-electron chi connectivity index (χ3n) is 4.71. The van der Waals surface area contributed by atoms with E-state index < -0.39 is 0 Å². The molecule has 106 valence electrons. The van der Waals surface area contributed by atoms with Gasteiger partial charge in [0.25, 0.3) is 0 Å². The molecule has 0 saturated heterocycles. The number of hydrogen-bond acceptors (Lipinski definition) is 3. The van der Waals surface area contributed by atoms with Crippen LogP contribution in [-0.4, -0.2) is 32.3 Å². The lowest BCUT2D eigenvalue weighted by Gasteiger charge is -2.47. The van der Waals surface area contributed by atoms with E-state index in [0.29, 0.717) is 12.6 Å². The number of methoxy groups -OCH3 is 1. The van der Waals surface area contributed by atoms with Crippen LogP contribution in [0.4, 0.5) is 5.69 Å². The number of nitrogens with two attached hydrogens (primary N) is 1. The number of hydrogen-bond donors (Lipinski definition) is 1. The summed E-state index contributed by atoms with van der Waals surface area (Å²) < 4.78 is 5.47. The van der Waals surface area contributed by atoms with Crippen molar-refractivity contribution >= 4 is 5.69 Å². The molecular weight excluding hydrogens is 236 g/mol. The van der Waals surface area contributed by atoms with E-state index in [-0.39, 0.29) is 5.54 Å². The Hall–Kier alpha value is -1.06. The van der Waals surface area contributed by atoms with Crippen LogP contribution in [0.1, 0.15) is 31.2 Å². The van der Waals surface area contributed by atoms with Crippen molar-refractivity contribution in [2.45, 2.75) is 44.2 Å². The van der Waals surface area contributed by atoms with Gasteiger partial charge in [-0.05, 0) is 44.7 Å². The molecule has 2 rings (SSSR count). The van der Waals surface area contributed by atoms with Crippen LogP contribution in [0.5, 0.6) is 0 Å². The van der Waals surface area contributed by atoms with Gasteiger partial charge in [0.1, 0.15) is 0 Å². The third-order valence-corrected chi connectivity index (χ3v) is 4.71. The minimum Gasteiger partial charge on any atom is -0.381 e. The Balaban J connectivity index is 2.15. The maximum Gasteiger partial charge on any atom is 0.0573 e. The van der Waals surface area contributed by atoms with Crippen LogP contribution >= 0.6 is 0 Å². The van der Waals surface area contributed by atoms with Gasteiger partial charge in [0.05, 0.1) is 11.6 Å². The molecule has 0 spiro atoms. The Labute approximate surface area is 116 Å². The van der Waals surface area contributed by atoms with Crippen molar-refractivity contribution in [2.75, 3.05) is 25.6 Å². The molecule has 1 fully saturated rings. The summed E-state index contributed by atoms with van der Waals surface area (Å²) in [6.45, 7) is 2.82. The second-order valence-corrected chi connectivity index (χ2v) is 5.76. The van der Waals surface area contributed by atoms with E-state index in [4.69, 9.17) is 10.5 Å². The van der Waals surface area contributed by atoms with Crippen molar-refractivity contribution in [3.8, 4) is 0 Å². The van der Waals surface area contributed by atoms with Crippen molar-refractivity contribution in [2.24, 2.45) is 5.73 Å². The van der Waals surface area contributed by atoms with Crippen LogP contribution in [0.2, 0.25) is 0 Å². The van der Waals surface area contributed by atoms with Crippen molar-refractivity contribution in [3.63, 3.8) is 0 Å². The summed E-state index contributed by atoms with van der Waals surface area (Å²) in [5.41, 5.74) is 8.75. The van der Waals surface area contributed by atoms with E-state index in [0.717, 1.165) is 25.7 Å². The van der Waals surface area contributed by atoms with Crippen LogP contribution in [0.3, 0.4) is 0 Å². The number of anilines is 1. The molecule has 0 unspecified atom stereocenters. The zero-order valence-corrected chi connectivity index (χ0v) is 12.4. The van der Waals surface area contributed by atoms with Crippen molar-refractivity contribution in [1.29, 1.82) is 0 Å². The lowest BCUT2D eigenvalue weighted by Crippen LogP contribution is -2.55. The standard InChI is InChI=1S/C16H26N2O/c1-13-4-6-14(7-5-13)18(2)16(12-17)10-8-15(19-3)9-11-16/h4-7,15H,8-12,17H2,1-3H3. The highest BCUT2D eigenvalue weighted by Gasteiger charge is 2.37. The number of ether oxygens (including phenoxy) is 1. The molecule has 1 saturated carbocycles. The van der Waals surface area contributed by atoms with E-state index in [1.807, 2.05) is 7.11 Å². The molecule has 0 heterocycles.